The Labute approximate surface area is 216 Å². The summed E-state index contributed by atoms with van der Waals surface area (Å²) in [4.78, 5) is 53.8. The minimum Gasteiger partial charge on any atom is -0.454 e. The Kier molecular flexibility index (Phi) is 8.23. The van der Waals surface area contributed by atoms with Crippen LogP contribution in [0, 0.1) is 0 Å². The number of nitrogens with one attached hydrogen (secondary N) is 1. The summed E-state index contributed by atoms with van der Waals surface area (Å²) in [6.07, 6.45) is 2.66. The van der Waals surface area contributed by atoms with E-state index < -0.39 is 29.7 Å². The molecule has 0 atom stereocenters. The summed E-state index contributed by atoms with van der Waals surface area (Å²) in [5, 5.41) is 0. The van der Waals surface area contributed by atoms with Gasteiger partial charge in [0.15, 0.2) is 23.8 Å². The summed E-state index contributed by atoms with van der Waals surface area (Å²) >= 11 is 0. The van der Waals surface area contributed by atoms with Gasteiger partial charge in [0, 0.05) is 19.7 Å². The number of esters is 1. The molecular formula is C26H26N4O8. The summed E-state index contributed by atoms with van der Waals surface area (Å²) < 4.78 is 21.9. The number of rotatable bonds is 10. The van der Waals surface area contributed by atoms with Gasteiger partial charge in [0.05, 0.1) is 13.2 Å². The van der Waals surface area contributed by atoms with Crippen LogP contribution in [-0.2, 0) is 25.6 Å². The van der Waals surface area contributed by atoms with Gasteiger partial charge in [0.1, 0.15) is 5.82 Å². The van der Waals surface area contributed by atoms with Crippen LogP contribution in [-0.4, -0.2) is 55.1 Å². The number of hydrogen-bond donors (Lipinski definition) is 2. The maximum atomic E-state index is 13.1. The summed E-state index contributed by atoms with van der Waals surface area (Å²) in [6, 6.07) is 14.1. The zero-order chi connectivity index (χ0) is 27.1. The van der Waals surface area contributed by atoms with E-state index in [1.807, 2.05) is 6.07 Å². The summed E-state index contributed by atoms with van der Waals surface area (Å²) in [6.45, 7) is -0.494. The van der Waals surface area contributed by atoms with E-state index in [2.05, 4.69) is 4.98 Å². The minimum absolute atomic E-state index is 0.0559. The average molecular weight is 523 g/mol. The fourth-order valence-electron chi connectivity index (χ4n) is 3.74. The lowest BCUT2D eigenvalue weighted by atomic mass is 10.2. The molecule has 0 unspecified atom stereocenters. The second-order valence-corrected chi connectivity index (χ2v) is 8.16. The monoisotopic (exact) mass is 522 g/mol. The number of carbonyl (C=O) groups is 2. The number of aromatic nitrogens is 2. The predicted molar refractivity (Wildman–Crippen MR) is 138 cm³/mol. The molecule has 0 saturated carbocycles. The van der Waals surface area contributed by atoms with Gasteiger partial charge in [0.25, 0.3) is 11.5 Å². The molecule has 4 rings (SSSR count). The number of amides is 1. The molecule has 198 valence electrons. The molecule has 3 N–H and O–H groups in total. The first-order valence-corrected chi connectivity index (χ1v) is 11.6. The smallest absolute Gasteiger partial charge is 0.331 e. The Morgan fingerprint density at radius 1 is 1.13 bits per heavy atom. The molecule has 1 aliphatic rings. The van der Waals surface area contributed by atoms with Crippen LogP contribution in [0.1, 0.15) is 11.1 Å². The Bertz CT molecular complexity index is 1460. The van der Waals surface area contributed by atoms with E-state index in [1.54, 1.807) is 42.5 Å². The van der Waals surface area contributed by atoms with Crippen LogP contribution in [0.3, 0.4) is 0 Å². The minimum atomic E-state index is -0.852. The predicted octanol–water partition coefficient (Wildman–Crippen LogP) is 1.13. The number of anilines is 2. The van der Waals surface area contributed by atoms with Crippen LogP contribution in [0.2, 0.25) is 0 Å². The molecule has 2 heterocycles. The van der Waals surface area contributed by atoms with E-state index >= 15 is 0 Å². The fourth-order valence-corrected chi connectivity index (χ4v) is 3.74. The van der Waals surface area contributed by atoms with Crippen molar-refractivity contribution < 1.29 is 28.5 Å². The highest BCUT2D eigenvalue weighted by Gasteiger charge is 2.25. The van der Waals surface area contributed by atoms with E-state index in [-0.39, 0.29) is 38.0 Å². The first-order valence-electron chi connectivity index (χ1n) is 11.6. The number of aromatic amines is 1. The summed E-state index contributed by atoms with van der Waals surface area (Å²) in [7, 11) is 1.42. The molecule has 1 aliphatic heterocycles. The van der Waals surface area contributed by atoms with E-state index in [0.717, 1.165) is 21.1 Å². The number of nitrogens with zero attached hydrogens (tertiary/aromatic N) is 2. The van der Waals surface area contributed by atoms with Crippen molar-refractivity contribution in [3.8, 4) is 11.5 Å². The number of carbonyl (C=O) groups excluding carboxylic acids is 2. The molecule has 0 aliphatic carbocycles. The number of methoxy groups -OCH3 is 1. The van der Waals surface area contributed by atoms with Crippen molar-refractivity contribution in [2.75, 3.05) is 44.3 Å². The summed E-state index contributed by atoms with van der Waals surface area (Å²) in [5.74, 6) is -0.551. The highest BCUT2D eigenvalue weighted by atomic mass is 16.7. The van der Waals surface area contributed by atoms with Crippen molar-refractivity contribution in [1.29, 1.82) is 0 Å². The van der Waals surface area contributed by atoms with Gasteiger partial charge in [-0.1, -0.05) is 36.4 Å². The van der Waals surface area contributed by atoms with Gasteiger partial charge in [-0.25, -0.2) is 9.59 Å². The lowest BCUT2D eigenvalue weighted by molar-refractivity contribution is -0.142. The maximum absolute atomic E-state index is 13.1. The molecule has 12 heteroatoms. The molecule has 0 fully saturated rings. The SMILES string of the molecule is COCCN(C(=O)COC(=O)/C=C/c1ccc2c(c1)OCO2)c1c(N)n(Cc2ccccc2)c(=O)[nH]c1=O. The van der Waals surface area contributed by atoms with Crippen LogP contribution in [0.4, 0.5) is 11.5 Å². The van der Waals surface area contributed by atoms with Gasteiger partial charge < -0.3 is 24.7 Å². The molecule has 12 nitrogen and oxygen atoms in total. The standard InChI is InChI=1S/C26H26N4O8/c1-35-12-11-29(23-24(27)30(26(34)28-25(23)33)14-18-5-3-2-4-6-18)21(31)15-36-22(32)10-8-17-7-9-19-20(13-17)38-16-37-19/h2-10,13H,11-12,14-16,27H2,1H3,(H,28,33,34)/b10-8+. The third kappa shape index (κ3) is 6.10. The molecule has 38 heavy (non-hydrogen) atoms. The molecule has 0 saturated heterocycles. The van der Waals surface area contributed by atoms with E-state index in [4.69, 9.17) is 24.7 Å². The van der Waals surface area contributed by atoms with Crippen LogP contribution in [0.25, 0.3) is 6.08 Å². The second kappa shape index (κ2) is 11.9. The number of H-pyrrole nitrogens is 1. The first kappa shape index (κ1) is 26.2. The molecule has 1 aromatic heterocycles. The topological polar surface area (TPSA) is 155 Å². The summed E-state index contributed by atoms with van der Waals surface area (Å²) in [5.41, 5.74) is 5.83. The highest BCUT2D eigenvalue weighted by Crippen LogP contribution is 2.32. The van der Waals surface area contributed by atoms with Gasteiger partial charge in [-0.15, -0.1) is 0 Å². The number of fused-ring (bicyclic) bond motifs is 1. The van der Waals surface area contributed by atoms with Gasteiger partial charge in [-0.05, 0) is 29.3 Å². The number of nitrogens with two attached hydrogens (primary N) is 1. The van der Waals surface area contributed by atoms with E-state index in [9.17, 15) is 19.2 Å². The molecule has 0 spiro atoms. The van der Waals surface area contributed by atoms with Crippen molar-refractivity contribution in [1.82, 2.24) is 9.55 Å². The van der Waals surface area contributed by atoms with Crippen LogP contribution in [0.5, 0.6) is 11.5 Å². The number of benzene rings is 2. The molecular weight excluding hydrogens is 496 g/mol. The Morgan fingerprint density at radius 2 is 1.89 bits per heavy atom. The zero-order valence-corrected chi connectivity index (χ0v) is 20.5. The van der Waals surface area contributed by atoms with Crippen molar-refractivity contribution in [2.45, 2.75) is 6.54 Å². The van der Waals surface area contributed by atoms with Crippen LogP contribution in [0.15, 0.2) is 64.2 Å². The van der Waals surface area contributed by atoms with Crippen molar-refractivity contribution in [3.05, 3.63) is 86.6 Å². The van der Waals surface area contributed by atoms with E-state index in [1.165, 1.54) is 13.2 Å². The Balaban J connectivity index is 1.50. The van der Waals surface area contributed by atoms with Gasteiger partial charge in [0.2, 0.25) is 6.79 Å². The molecule has 0 radical (unpaired) electrons. The van der Waals surface area contributed by atoms with Gasteiger partial charge in [-0.3, -0.25) is 24.0 Å². The highest BCUT2D eigenvalue weighted by molar-refractivity contribution is 5.98. The van der Waals surface area contributed by atoms with E-state index in [0.29, 0.717) is 17.1 Å². The fraction of sp³-hybridized carbons (Fsp3) is 0.231. The molecule has 0 bridgehead atoms. The quantitative estimate of drug-likeness (QED) is 0.294. The molecule has 1 amide bonds. The van der Waals surface area contributed by atoms with Gasteiger partial charge in [-0.2, -0.15) is 0 Å². The first-order chi connectivity index (χ1) is 18.4. The third-order valence-electron chi connectivity index (χ3n) is 5.63. The van der Waals surface area contributed by atoms with Crippen molar-refractivity contribution >= 4 is 29.5 Å². The van der Waals surface area contributed by atoms with Gasteiger partial charge >= 0.3 is 11.7 Å². The number of ether oxygens (including phenoxy) is 4. The average Bonchev–Trinajstić information content (AvgIpc) is 3.39. The zero-order valence-electron chi connectivity index (χ0n) is 20.5. The second-order valence-electron chi connectivity index (χ2n) is 8.16. The lowest BCUT2D eigenvalue weighted by Gasteiger charge is -2.24. The normalized spacial score (nSPS) is 12.0. The molecule has 3 aromatic rings. The largest absolute Gasteiger partial charge is 0.454 e. The maximum Gasteiger partial charge on any atom is 0.331 e. The Morgan fingerprint density at radius 3 is 2.66 bits per heavy atom. The van der Waals surface area contributed by atoms with Crippen molar-refractivity contribution in [2.24, 2.45) is 0 Å². The lowest BCUT2D eigenvalue weighted by Crippen LogP contribution is -2.44. The number of hydrogen-bond acceptors (Lipinski definition) is 9. The number of nitrogen functional groups attached to an aromatic ring is 1. The van der Waals surface area contributed by atoms with Crippen molar-refractivity contribution in [3.63, 3.8) is 0 Å². The third-order valence-corrected chi connectivity index (χ3v) is 5.63. The molecule has 2 aromatic carbocycles. The van der Waals surface area contributed by atoms with Crippen LogP contribution < -0.4 is 31.4 Å². The van der Waals surface area contributed by atoms with Crippen LogP contribution >= 0.6 is 0 Å². The Hall–Kier alpha value is -4.84.